The SMILES string of the molecule is CCCC(CO)NCCCS(=O)(=O)O.O=C(CSS(=O)(=O)[O-])NCCc1coc2ccccc12.O=C1NCCCC[C@@H]1NCCCS(=O)(=O)[O-].[Na+].[Na+]. The van der Waals surface area contributed by atoms with Crippen LogP contribution >= 0.6 is 10.8 Å². The second-order valence-electron chi connectivity index (χ2n) is 11.2. The predicted molar refractivity (Wildman–Crippen MR) is 188 cm³/mol. The summed E-state index contributed by atoms with van der Waals surface area (Å²) in [5, 5.41) is 21.2. The summed E-state index contributed by atoms with van der Waals surface area (Å²) in [7, 11) is -12.3. The van der Waals surface area contributed by atoms with E-state index in [-0.39, 0.29) is 112 Å². The molecule has 52 heavy (non-hydrogen) atoms. The minimum absolute atomic E-state index is 0. The van der Waals surface area contributed by atoms with E-state index in [4.69, 9.17) is 14.1 Å². The molecule has 2 heterocycles. The Kier molecular flexibility index (Phi) is 30.0. The van der Waals surface area contributed by atoms with E-state index in [1.165, 1.54) is 0 Å². The van der Waals surface area contributed by atoms with Crippen molar-refractivity contribution in [2.45, 2.75) is 70.4 Å². The summed E-state index contributed by atoms with van der Waals surface area (Å²) in [6, 6.07) is 7.33. The molecule has 0 radical (unpaired) electrons. The molecule has 0 spiro atoms. The van der Waals surface area contributed by atoms with Crippen LogP contribution in [0.5, 0.6) is 0 Å². The molecule has 17 nitrogen and oxygen atoms in total. The molecule has 2 aromatic rings. The predicted octanol–water partition coefficient (Wildman–Crippen LogP) is -5.51. The Morgan fingerprint density at radius 1 is 1.04 bits per heavy atom. The van der Waals surface area contributed by atoms with Crippen LogP contribution in [0.3, 0.4) is 0 Å². The molecule has 0 aliphatic carbocycles. The fourth-order valence-corrected chi connectivity index (χ4v) is 6.68. The maximum absolute atomic E-state index is 11.5. The van der Waals surface area contributed by atoms with Gasteiger partial charge in [-0.2, -0.15) is 8.42 Å². The molecule has 23 heteroatoms. The monoisotopic (exact) mass is 834 g/mol. The summed E-state index contributed by atoms with van der Waals surface area (Å²) in [4.78, 5) is 22.8. The third-order valence-electron chi connectivity index (χ3n) is 6.98. The van der Waals surface area contributed by atoms with E-state index in [1.54, 1.807) is 6.26 Å². The van der Waals surface area contributed by atoms with Gasteiger partial charge in [-0.05, 0) is 80.5 Å². The van der Waals surface area contributed by atoms with Gasteiger partial charge < -0.3 is 39.9 Å². The Bertz CT molecular complexity index is 1630. The van der Waals surface area contributed by atoms with Crippen molar-refractivity contribution < 1.29 is 117 Å². The van der Waals surface area contributed by atoms with Crippen LogP contribution in [0.2, 0.25) is 0 Å². The van der Waals surface area contributed by atoms with Gasteiger partial charge >= 0.3 is 59.1 Å². The van der Waals surface area contributed by atoms with Crippen LogP contribution < -0.4 is 80.4 Å². The Morgan fingerprint density at radius 2 is 1.71 bits per heavy atom. The van der Waals surface area contributed by atoms with Gasteiger partial charge in [-0.25, -0.2) is 16.8 Å². The quantitative estimate of drug-likeness (QED) is 0.0333. The molecule has 2 atom stereocenters. The Hall–Kier alpha value is -0.340. The minimum atomic E-state index is -4.43. The van der Waals surface area contributed by atoms with Crippen molar-refractivity contribution >= 4 is 63.0 Å². The number of nitrogens with one attached hydrogen (secondary N) is 4. The largest absolute Gasteiger partial charge is 1.00 e. The summed E-state index contributed by atoms with van der Waals surface area (Å²) in [6.07, 6.45) is 7.34. The number of para-hydroxylation sites is 1. The maximum Gasteiger partial charge on any atom is 1.00 e. The fourth-order valence-electron chi connectivity index (χ4n) is 4.57. The molecule has 1 aromatic carbocycles. The first-order valence-electron chi connectivity index (χ1n) is 16.0. The van der Waals surface area contributed by atoms with Gasteiger partial charge in [0, 0.05) is 30.3 Å². The van der Waals surface area contributed by atoms with Gasteiger partial charge in [0.15, 0.2) is 0 Å². The van der Waals surface area contributed by atoms with Crippen LogP contribution in [0.4, 0.5) is 0 Å². The molecule has 3 rings (SSSR count). The topological polar surface area (TPSA) is 284 Å². The van der Waals surface area contributed by atoms with Gasteiger partial charge in [0.2, 0.25) is 11.8 Å². The van der Waals surface area contributed by atoms with Crippen molar-refractivity contribution in [1.29, 1.82) is 0 Å². The van der Waals surface area contributed by atoms with Crippen LogP contribution in [-0.4, -0.2) is 118 Å². The average molecular weight is 835 g/mol. The van der Waals surface area contributed by atoms with Crippen LogP contribution in [0.1, 0.15) is 57.4 Å². The van der Waals surface area contributed by atoms with Crippen molar-refractivity contribution in [3.63, 3.8) is 0 Å². The standard InChI is InChI=1S/C12H13NO5S2.C9H18N2O4S.C8H19NO4S.2Na/c14-12(8-19-20(15,16)17)13-6-5-9-7-18-11-4-2-1-3-10(9)11;12-9-8(4-1-2-5-11-9)10-6-3-7-16(13,14)15;1-2-4-8(7-10)9-5-3-6-14(11,12)13;;/h1-4,7H,5-6,8H2,(H,13,14)(H,15,16,17);8,10H,1-7H2,(H,11,12)(H,13,14,15);8-10H,2-7H2,1H3,(H,11,12,13);;/q;;;2*+1/p-2/t;8-;;;/m.0.../s1. The summed E-state index contributed by atoms with van der Waals surface area (Å²) in [5.74, 6) is -1.53. The van der Waals surface area contributed by atoms with Crippen molar-refractivity contribution in [3.8, 4) is 0 Å². The van der Waals surface area contributed by atoms with E-state index >= 15 is 0 Å². The van der Waals surface area contributed by atoms with Crippen LogP contribution in [0, 0.1) is 0 Å². The number of aliphatic hydroxyl groups excluding tert-OH is 1. The molecule has 6 N–H and O–H groups in total. The van der Waals surface area contributed by atoms with Gasteiger partial charge in [0.25, 0.3) is 10.1 Å². The van der Waals surface area contributed by atoms with Gasteiger partial charge in [-0.3, -0.25) is 14.1 Å². The summed E-state index contributed by atoms with van der Waals surface area (Å²) in [6.45, 7) is 3.99. The number of fused-ring (bicyclic) bond motifs is 1. The number of carbonyl (C=O) groups is 2. The normalized spacial score (nSPS) is 15.2. The van der Waals surface area contributed by atoms with Gasteiger partial charge in [0.05, 0.1) is 40.5 Å². The van der Waals surface area contributed by atoms with Crippen molar-refractivity contribution in [3.05, 3.63) is 36.1 Å². The van der Waals surface area contributed by atoms with E-state index in [1.807, 2.05) is 31.2 Å². The first-order valence-corrected chi connectivity index (χ1v) is 22.1. The molecule has 1 unspecified atom stereocenters. The third-order valence-corrected chi connectivity index (χ3v) is 10.5. The first-order chi connectivity index (χ1) is 23.4. The number of benzene rings is 1. The smallest absolute Gasteiger partial charge is 0.748 e. The van der Waals surface area contributed by atoms with Crippen molar-refractivity contribution in [2.24, 2.45) is 0 Å². The summed E-state index contributed by atoms with van der Waals surface area (Å²) >= 11 is 0. The van der Waals surface area contributed by atoms with Crippen LogP contribution in [0.15, 0.2) is 34.9 Å². The number of amides is 2. The number of hydrogen-bond acceptors (Lipinski definition) is 15. The maximum atomic E-state index is 11.5. The summed E-state index contributed by atoms with van der Waals surface area (Å²) < 4.78 is 96.6. The second-order valence-corrected chi connectivity index (χ2v) is 17.6. The fraction of sp³-hybridized carbons (Fsp3) is 0.655. The van der Waals surface area contributed by atoms with E-state index in [2.05, 4.69) is 21.3 Å². The number of carbonyl (C=O) groups excluding carboxylic acids is 2. The molecule has 1 aliphatic rings. The van der Waals surface area contributed by atoms with E-state index in [9.17, 15) is 43.9 Å². The van der Waals surface area contributed by atoms with Gasteiger partial charge in [0.1, 0.15) is 14.7 Å². The zero-order chi connectivity index (χ0) is 37.6. The van der Waals surface area contributed by atoms with Gasteiger partial charge in [-0.1, -0.05) is 31.5 Å². The zero-order valence-corrected chi connectivity index (χ0v) is 37.1. The molecule has 288 valence electrons. The van der Waals surface area contributed by atoms with Gasteiger partial charge in [-0.15, -0.1) is 0 Å². The zero-order valence-electron chi connectivity index (χ0n) is 29.9. The number of furan rings is 1. The van der Waals surface area contributed by atoms with Crippen LogP contribution in [-0.2, 0) is 45.4 Å². The van der Waals surface area contributed by atoms with Crippen molar-refractivity contribution in [1.82, 2.24) is 21.3 Å². The number of aliphatic hydroxyl groups is 1. The minimum Gasteiger partial charge on any atom is -0.748 e. The molecular formula is C29H48N4Na2O13S4. The van der Waals surface area contributed by atoms with E-state index in [0.717, 1.165) is 48.6 Å². The van der Waals surface area contributed by atoms with Crippen LogP contribution in [0.25, 0.3) is 11.0 Å². The number of rotatable bonds is 19. The molecule has 0 bridgehead atoms. The van der Waals surface area contributed by atoms with E-state index in [0.29, 0.717) is 39.0 Å². The van der Waals surface area contributed by atoms with Crippen molar-refractivity contribution in [2.75, 3.05) is 50.0 Å². The molecule has 1 fully saturated rings. The first kappa shape index (κ1) is 53.8. The second kappa shape index (κ2) is 29.0. The molecule has 1 aliphatic heterocycles. The third kappa shape index (κ3) is 28.1. The Morgan fingerprint density at radius 3 is 2.33 bits per heavy atom. The summed E-state index contributed by atoms with van der Waals surface area (Å²) in [5.41, 5.74) is 1.74. The molecule has 1 aromatic heterocycles. The molecule has 1 saturated heterocycles. The molecule has 2 amide bonds. The van der Waals surface area contributed by atoms with E-state index < -0.39 is 41.0 Å². The average Bonchev–Trinajstić information content (AvgIpc) is 3.33. The number of hydrogen-bond donors (Lipinski definition) is 6. The Labute approximate surface area is 354 Å². The Balaban J connectivity index is 0. The molecular weight excluding hydrogens is 787 g/mol. The molecule has 0 saturated carbocycles.